The minimum Gasteiger partial charge on any atom is -0.484 e. The predicted molar refractivity (Wildman–Crippen MR) is 120 cm³/mol. The van der Waals surface area contributed by atoms with Crippen molar-refractivity contribution in [3.63, 3.8) is 0 Å². The summed E-state index contributed by atoms with van der Waals surface area (Å²) >= 11 is 0. The molecular formula is C24H27N5O4. The monoisotopic (exact) mass is 449 g/mol. The lowest BCUT2D eigenvalue weighted by Crippen LogP contribution is -2.38. The third kappa shape index (κ3) is 5.56. The van der Waals surface area contributed by atoms with Gasteiger partial charge in [0.15, 0.2) is 18.5 Å². The standard InChI is InChI=1S/C24H27N5O4/c1-32-23(18-8-4-2-5-9-18)24(31)28-13-12-20-26-27-21(29(20)15-14-28)16-25-22(30)17-33-19-10-6-3-7-11-19/h2-11,23H,12-17H2,1H3,(H,25,30). The van der Waals surface area contributed by atoms with Gasteiger partial charge < -0.3 is 24.3 Å². The largest absolute Gasteiger partial charge is 0.484 e. The van der Waals surface area contributed by atoms with Gasteiger partial charge in [0.25, 0.3) is 11.8 Å². The molecule has 0 bridgehead atoms. The highest BCUT2D eigenvalue weighted by Crippen LogP contribution is 2.21. The summed E-state index contributed by atoms with van der Waals surface area (Å²) in [6, 6.07) is 18.6. The number of hydrogen-bond donors (Lipinski definition) is 1. The first-order valence-corrected chi connectivity index (χ1v) is 10.9. The lowest BCUT2D eigenvalue weighted by atomic mass is 10.1. The molecule has 0 aliphatic carbocycles. The van der Waals surface area contributed by atoms with E-state index < -0.39 is 6.10 Å². The molecule has 0 saturated heterocycles. The van der Waals surface area contributed by atoms with E-state index in [-0.39, 0.29) is 25.0 Å². The van der Waals surface area contributed by atoms with Crippen LogP contribution < -0.4 is 10.1 Å². The van der Waals surface area contributed by atoms with E-state index in [4.69, 9.17) is 9.47 Å². The van der Waals surface area contributed by atoms with Gasteiger partial charge in [-0.25, -0.2) is 0 Å². The number of methoxy groups -OCH3 is 1. The van der Waals surface area contributed by atoms with E-state index in [1.807, 2.05) is 53.1 Å². The fraction of sp³-hybridized carbons (Fsp3) is 0.333. The second-order valence-electron chi connectivity index (χ2n) is 7.66. The molecule has 3 aromatic rings. The molecule has 172 valence electrons. The van der Waals surface area contributed by atoms with Crippen LogP contribution in [0.5, 0.6) is 5.75 Å². The van der Waals surface area contributed by atoms with E-state index in [0.29, 0.717) is 37.6 Å². The van der Waals surface area contributed by atoms with Crippen LogP contribution in [-0.2, 0) is 33.8 Å². The van der Waals surface area contributed by atoms with Gasteiger partial charge in [-0.1, -0.05) is 48.5 Å². The van der Waals surface area contributed by atoms with Crippen LogP contribution in [0.3, 0.4) is 0 Å². The second-order valence-corrected chi connectivity index (χ2v) is 7.66. The minimum absolute atomic E-state index is 0.0738. The van der Waals surface area contributed by atoms with Crippen molar-refractivity contribution in [2.24, 2.45) is 0 Å². The van der Waals surface area contributed by atoms with Crippen LogP contribution in [0.1, 0.15) is 23.3 Å². The molecule has 9 nitrogen and oxygen atoms in total. The number of para-hydroxylation sites is 1. The van der Waals surface area contributed by atoms with Gasteiger partial charge in [-0.05, 0) is 17.7 Å². The van der Waals surface area contributed by atoms with Crippen LogP contribution in [0.4, 0.5) is 0 Å². The Morgan fingerprint density at radius 2 is 1.73 bits per heavy atom. The summed E-state index contributed by atoms with van der Waals surface area (Å²) in [6.45, 7) is 1.74. The van der Waals surface area contributed by atoms with E-state index in [1.54, 1.807) is 24.1 Å². The maximum atomic E-state index is 13.1. The number of hydrogen-bond acceptors (Lipinski definition) is 6. The maximum Gasteiger partial charge on any atom is 0.258 e. The van der Waals surface area contributed by atoms with Crippen LogP contribution in [-0.4, -0.2) is 58.3 Å². The van der Waals surface area contributed by atoms with Gasteiger partial charge in [-0.3, -0.25) is 9.59 Å². The predicted octanol–water partition coefficient (Wildman–Crippen LogP) is 1.75. The molecule has 1 N–H and O–H groups in total. The molecule has 1 aliphatic heterocycles. The van der Waals surface area contributed by atoms with Crippen LogP contribution in [0.25, 0.3) is 0 Å². The molecule has 0 radical (unpaired) electrons. The van der Waals surface area contributed by atoms with Crippen molar-refractivity contribution in [2.45, 2.75) is 25.6 Å². The lowest BCUT2D eigenvalue weighted by Gasteiger charge is -2.25. The molecule has 0 fully saturated rings. The van der Waals surface area contributed by atoms with Crippen molar-refractivity contribution in [1.82, 2.24) is 25.0 Å². The first-order chi connectivity index (χ1) is 16.2. The van der Waals surface area contributed by atoms with E-state index in [2.05, 4.69) is 15.5 Å². The third-order valence-electron chi connectivity index (χ3n) is 5.53. The van der Waals surface area contributed by atoms with Crippen molar-refractivity contribution in [3.8, 4) is 5.75 Å². The molecule has 4 rings (SSSR count). The van der Waals surface area contributed by atoms with E-state index >= 15 is 0 Å². The normalized spacial score (nSPS) is 14.2. The van der Waals surface area contributed by atoms with Gasteiger partial charge in [0, 0.05) is 33.2 Å². The summed E-state index contributed by atoms with van der Waals surface area (Å²) in [5.41, 5.74) is 0.828. The molecule has 2 amide bonds. The smallest absolute Gasteiger partial charge is 0.258 e. The second kappa shape index (κ2) is 10.7. The van der Waals surface area contributed by atoms with E-state index in [1.165, 1.54) is 0 Å². The van der Waals surface area contributed by atoms with Gasteiger partial charge >= 0.3 is 0 Å². The molecular weight excluding hydrogens is 422 g/mol. The number of aromatic nitrogens is 3. The SMILES string of the molecule is COC(C(=O)N1CCc2nnc(CNC(=O)COc3ccccc3)n2CC1)c1ccccc1. The van der Waals surface area contributed by atoms with Crippen molar-refractivity contribution < 1.29 is 19.1 Å². The van der Waals surface area contributed by atoms with E-state index in [0.717, 1.165) is 11.4 Å². The zero-order valence-corrected chi connectivity index (χ0v) is 18.5. The Kier molecular flexibility index (Phi) is 7.31. The van der Waals surface area contributed by atoms with Gasteiger partial charge in [0.05, 0.1) is 6.54 Å². The summed E-state index contributed by atoms with van der Waals surface area (Å²) in [5.74, 6) is 1.77. The zero-order chi connectivity index (χ0) is 23.0. The van der Waals surface area contributed by atoms with Crippen LogP contribution in [0.2, 0.25) is 0 Å². The average molecular weight is 450 g/mol. The van der Waals surface area contributed by atoms with Crippen molar-refractivity contribution in [1.29, 1.82) is 0 Å². The molecule has 9 heteroatoms. The molecule has 1 unspecified atom stereocenters. The molecule has 1 atom stereocenters. The Labute approximate surface area is 192 Å². The van der Waals surface area contributed by atoms with Gasteiger partial charge in [-0.2, -0.15) is 0 Å². The molecule has 2 aromatic carbocycles. The molecule has 2 heterocycles. The van der Waals surface area contributed by atoms with Crippen molar-refractivity contribution in [2.75, 3.05) is 26.8 Å². The van der Waals surface area contributed by atoms with Gasteiger partial charge in [-0.15, -0.1) is 10.2 Å². The molecule has 1 aliphatic rings. The summed E-state index contributed by atoms with van der Waals surface area (Å²) in [7, 11) is 1.55. The van der Waals surface area contributed by atoms with Crippen LogP contribution in [0, 0.1) is 0 Å². The Morgan fingerprint density at radius 3 is 2.45 bits per heavy atom. The van der Waals surface area contributed by atoms with Crippen LogP contribution in [0.15, 0.2) is 60.7 Å². The number of rotatable bonds is 8. The Bertz CT molecular complexity index is 1070. The molecule has 0 saturated carbocycles. The van der Waals surface area contributed by atoms with Gasteiger partial charge in [0.2, 0.25) is 0 Å². The summed E-state index contributed by atoms with van der Waals surface area (Å²) in [5, 5.41) is 11.3. The number of ether oxygens (including phenoxy) is 2. The number of carbonyl (C=O) groups is 2. The zero-order valence-electron chi connectivity index (χ0n) is 18.5. The quantitative estimate of drug-likeness (QED) is 0.563. The topological polar surface area (TPSA) is 98.6 Å². The fourth-order valence-electron chi connectivity index (χ4n) is 3.80. The lowest BCUT2D eigenvalue weighted by molar-refractivity contribution is -0.142. The van der Waals surface area contributed by atoms with Crippen molar-refractivity contribution >= 4 is 11.8 Å². The maximum absolute atomic E-state index is 13.1. The molecule has 33 heavy (non-hydrogen) atoms. The number of nitrogens with one attached hydrogen (secondary N) is 1. The number of fused-ring (bicyclic) bond motifs is 1. The Hall–Kier alpha value is -3.72. The average Bonchev–Trinajstić information content (AvgIpc) is 3.12. The molecule has 1 aromatic heterocycles. The first-order valence-electron chi connectivity index (χ1n) is 10.9. The summed E-state index contributed by atoms with van der Waals surface area (Å²) < 4.78 is 12.9. The third-order valence-corrected chi connectivity index (χ3v) is 5.53. The highest BCUT2D eigenvalue weighted by Gasteiger charge is 2.28. The number of nitrogens with zero attached hydrogens (tertiary/aromatic N) is 4. The fourth-order valence-corrected chi connectivity index (χ4v) is 3.80. The number of benzene rings is 2. The van der Waals surface area contributed by atoms with Gasteiger partial charge in [0.1, 0.15) is 11.6 Å². The Morgan fingerprint density at radius 1 is 1.00 bits per heavy atom. The highest BCUT2D eigenvalue weighted by molar-refractivity contribution is 5.82. The van der Waals surface area contributed by atoms with E-state index in [9.17, 15) is 9.59 Å². The highest BCUT2D eigenvalue weighted by atomic mass is 16.5. The molecule has 0 spiro atoms. The summed E-state index contributed by atoms with van der Waals surface area (Å²) in [6.07, 6.45) is -0.0622. The summed E-state index contributed by atoms with van der Waals surface area (Å²) in [4.78, 5) is 27.1. The number of carbonyl (C=O) groups excluding carboxylic acids is 2. The van der Waals surface area contributed by atoms with Crippen LogP contribution >= 0.6 is 0 Å². The van der Waals surface area contributed by atoms with Crippen molar-refractivity contribution in [3.05, 3.63) is 77.9 Å². The first kappa shape index (κ1) is 22.5. The minimum atomic E-state index is -0.641. The Balaban J connectivity index is 1.33. The number of amides is 2.